The summed E-state index contributed by atoms with van der Waals surface area (Å²) in [6.07, 6.45) is 2.88. The molecule has 1 amide bonds. The van der Waals surface area contributed by atoms with Crippen LogP contribution in [0.3, 0.4) is 0 Å². The first-order chi connectivity index (χ1) is 16.2. The molecule has 2 aromatic rings. The zero-order valence-electron chi connectivity index (χ0n) is 18.2. The number of hydrogen-bond acceptors (Lipinski definition) is 6. The van der Waals surface area contributed by atoms with Crippen molar-refractivity contribution in [3.05, 3.63) is 76.3 Å². The Morgan fingerprint density at radius 3 is 2.62 bits per heavy atom. The van der Waals surface area contributed by atoms with Gasteiger partial charge < -0.3 is 21.1 Å². The Morgan fingerprint density at radius 2 is 1.85 bits per heavy atom. The summed E-state index contributed by atoms with van der Waals surface area (Å²) in [6.45, 7) is 0.257. The fraction of sp³-hybridized carbons (Fsp3) is 0.320. The van der Waals surface area contributed by atoms with Crippen LogP contribution < -0.4 is 11.1 Å². The number of nitrogens with one attached hydrogen (secondary N) is 1. The van der Waals surface area contributed by atoms with Crippen molar-refractivity contribution in [2.24, 2.45) is 17.8 Å². The molecule has 0 spiro atoms. The van der Waals surface area contributed by atoms with E-state index in [2.05, 4.69) is 5.32 Å². The number of hydrogen-bond donors (Lipinski definition) is 3. The Balaban J connectivity index is 1.45. The first-order valence-corrected chi connectivity index (χ1v) is 12.9. The molecule has 2 bridgehead atoms. The van der Waals surface area contributed by atoms with E-state index in [1.54, 1.807) is 29.2 Å². The summed E-state index contributed by atoms with van der Waals surface area (Å²) >= 11 is 0. The van der Waals surface area contributed by atoms with Gasteiger partial charge in [0.15, 0.2) is 0 Å². The van der Waals surface area contributed by atoms with E-state index in [1.165, 1.54) is 18.2 Å². The molecule has 4 aliphatic rings. The van der Waals surface area contributed by atoms with Gasteiger partial charge in [-0.2, -0.15) is 0 Å². The molecule has 6 rings (SSSR count). The number of nitrogens with two attached hydrogens (primary N) is 1. The fourth-order valence-corrected chi connectivity index (χ4v) is 7.60. The molecule has 2 aliphatic carbocycles. The fourth-order valence-electron chi connectivity index (χ4n) is 6.26. The van der Waals surface area contributed by atoms with Crippen molar-refractivity contribution in [3.63, 3.8) is 0 Å². The predicted molar refractivity (Wildman–Crippen MR) is 124 cm³/mol. The van der Waals surface area contributed by atoms with Crippen LogP contribution >= 0.6 is 0 Å². The number of aliphatic hydroxyl groups excluding tert-OH is 1. The third kappa shape index (κ3) is 3.14. The SMILES string of the molecule is Nc1ccc2c(c1)S(=O)(=O)C=C(C1=C(O)C3C([C@@H]4CC[C@H]3C4)N(Cc3ccc(F)cc3)C1=O)N2. The lowest BCUT2D eigenvalue weighted by Gasteiger charge is -2.44. The highest BCUT2D eigenvalue weighted by molar-refractivity contribution is 7.94. The number of anilines is 2. The summed E-state index contributed by atoms with van der Waals surface area (Å²) in [7, 11) is -3.89. The minimum Gasteiger partial charge on any atom is -0.511 e. The molecule has 176 valence electrons. The zero-order valence-corrected chi connectivity index (χ0v) is 19.1. The summed E-state index contributed by atoms with van der Waals surface area (Å²) in [5.74, 6) is -0.546. The number of amides is 1. The highest BCUT2D eigenvalue weighted by atomic mass is 32.2. The third-order valence-electron chi connectivity index (χ3n) is 7.67. The first kappa shape index (κ1) is 21.2. The van der Waals surface area contributed by atoms with Crippen molar-refractivity contribution in [1.82, 2.24) is 4.90 Å². The van der Waals surface area contributed by atoms with Gasteiger partial charge in [0.25, 0.3) is 5.91 Å². The molecule has 0 saturated heterocycles. The lowest BCUT2D eigenvalue weighted by atomic mass is 9.77. The normalized spacial score (nSPS) is 28.9. The molecule has 2 fully saturated rings. The Hall–Kier alpha value is -3.33. The molecule has 2 saturated carbocycles. The number of nitrogens with zero attached hydrogens (tertiary/aromatic N) is 1. The molecule has 2 aromatic carbocycles. The molecule has 4 atom stereocenters. The van der Waals surface area contributed by atoms with Gasteiger partial charge in [-0.1, -0.05) is 12.1 Å². The largest absolute Gasteiger partial charge is 0.511 e. The Bertz CT molecular complexity index is 1380. The van der Waals surface area contributed by atoms with Crippen molar-refractivity contribution < 1.29 is 22.7 Å². The molecule has 0 radical (unpaired) electrons. The van der Waals surface area contributed by atoms with Crippen LogP contribution in [-0.2, 0) is 21.2 Å². The van der Waals surface area contributed by atoms with Crippen LogP contribution in [0.5, 0.6) is 0 Å². The smallest absolute Gasteiger partial charge is 0.260 e. The minimum atomic E-state index is -3.89. The Labute approximate surface area is 196 Å². The highest BCUT2D eigenvalue weighted by Crippen LogP contribution is 2.56. The predicted octanol–water partition coefficient (Wildman–Crippen LogP) is 3.72. The second-order valence-electron chi connectivity index (χ2n) is 9.63. The van der Waals surface area contributed by atoms with Crippen molar-refractivity contribution >= 4 is 27.1 Å². The molecular formula is C25H24FN3O4S. The van der Waals surface area contributed by atoms with E-state index in [9.17, 15) is 22.7 Å². The van der Waals surface area contributed by atoms with Gasteiger partial charge in [0, 0.05) is 24.2 Å². The number of nitrogen functional groups attached to an aromatic ring is 1. The maximum atomic E-state index is 13.8. The van der Waals surface area contributed by atoms with Crippen molar-refractivity contribution in [3.8, 4) is 0 Å². The quantitative estimate of drug-likeness (QED) is 0.576. The summed E-state index contributed by atoms with van der Waals surface area (Å²) in [5.41, 5.74) is 7.21. The molecule has 2 unspecified atom stereocenters. The monoisotopic (exact) mass is 481 g/mol. The standard InChI is InChI=1S/C25H24FN3O4S/c26-16-5-1-13(2-6-16)11-29-23-15-4-3-14(9-15)21(23)24(30)22(25(29)31)19-12-34(32,33)20-10-17(27)7-8-18(20)28-19/h1-2,5-8,10,12,14-15,21,23,28,30H,3-4,9,11,27H2/t14-,15+,21?,23?/m0/s1. The van der Waals surface area contributed by atoms with E-state index in [-0.39, 0.29) is 58.1 Å². The number of halogens is 1. The van der Waals surface area contributed by atoms with E-state index in [1.807, 2.05) is 0 Å². The maximum absolute atomic E-state index is 13.8. The van der Waals surface area contributed by atoms with E-state index in [0.29, 0.717) is 11.4 Å². The molecule has 7 nitrogen and oxygen atoms in total. The molecule has 0 aromatic heterocycles. The molecule has 34 heavy (non-hydrogen) atoms. The van der Waals surface area contributed by atoms with Crippen molar-refractivity contribution in [2.45, 2.75) is 36.7 Å². The zero-order chi connectivity index (χ0) is 23.8. The summed E-state index contributed by atoms with van der Waals surface area (Å²) in [4.78, 5) is 15.6. The van der Waals surface area contributed by atoms with Gasteiger partial charge in [-0.05, 0) is 67.0 Å². The average molecular weight is 482 g/mol. The minimum absolute atomic E-state index is 0.0121. The van der Waals surface area contributed by atoms with Gasteiger partial charge in [-0.15, -0.1) is 0 Å². The number of aliphatic hydroxyl groups is 1. The number of carbonyl (C=O) groups excluding carboxylic acids is 1. The Kier molecular flexibility index (Phi) is 4.58. The van der Waals surface area contributed by atoms with Crippen LogP contribution in [0.25, 0.3) is 0 Å². The maximum Gasteiger partial charge on any atom is 0.260 e. The van der Waals surface area contributed by atoms with Crippen LogP contribution in [0.15, 0.2) is 69.8 Å². The molecule has 2 aliphatic heterocycles. The van der Waals surface area contributed by atoms with Crippen molar-refractivity contribution in [2.75, 3.05) is 11.1 Å². The van der Waals surface area contributed by atoms with Crippen molar-refractivity contribution in [1.29, 1.82) is 0 Å². The third-order valence-corrected chi connectivity index (χ3v) is 9.17. The topological polar surface area (TPSA) is 113 Å². The summed E-state index contributed by atoms with van der Waals surface area (Å²) < 4.78 is 39.5. The van der Waals surface area contributed by atoms with Crippen LogP contribution in [-0.4, -0.2) is 30.4 Å². The Morgan fingerprint density at radius 1 is 1.12 bits per heavy atom. The van der Waals surface area contributed by atoms with E-state index >= 15 is 0 Å². The first-order valence-electron chi connectivity index (χ1n) is 11.3. The van der Waals surface area contributed by atoms with Crippen LogP contribution in [0.2, 0.25) is 0 Å². The molecular weight excluding hydrogens is 457 g/mol. The second kappa shape index (κ2) is 7.33. The average Bonchev–Trinajstić information content (AvgIpc) is 3.40. The number of fused-ring (bicyclic) bond motifs is 6. The van der Waals surface area contributed by atoms with Gasteiger partial charge in [-0.3, -0.25) is 4.79 Å². The molecule has 9 heteroatoms. The number of sulfone groups is 1. The number of carbonyl (C=O) groups is 1. The van der Waals surface area contributed by atoms with Gasteiger partial charge in [0.05, 0.1) is 21.7 Å². The highest BCUT2D eigenvalue weighted by Gasteiger charge is 2.56. The van der Waals surface area contributed by atoms with Gasteiger partial charge in [0.1, 0.15) is 17.1 Å². The number of benzene rings is 2. The van der Waals surface area contributed by atoms with Gasteiger partial charge in [0.2, 0.25) is 9.84 Å². The summed E-state index contributed by atoms with van der Waals surface area (Å²) in [5, 5.41) is 15.4. The lowest BCUT2D eigenvalue weighted by Crippen LogP contribution is -2.52. The summed E-state index contributed by atoms with van der Waals surface area (Å²) in [6, 6.07) is 10.3. The van der Waals surface area contributed by atoms with Gasteiger partial charge in [-0.25, -0.2) is 12.8 Å². The molecule has 4 N–H and O–H groups in total. The lowest BCUT2D eigenvalue weighted by molar-refractivity contribution is -0.134. The van der Waals surface area contributed by atoms with Crippen LogP contribution in [0.1, 0.15) is 24.8 Å². The van der Waals surface area contributed by atoms with Crippen LogP contribution in [0.4, 0.5) is 15.8 Å². The van der Waals surface area contributed by atoms with Crippen LogP contribution in [0, 0.1) is 23.6 Å². The van der Waals surface area contributed by atoms with E-state index in [0.717, 1.165) is 30.2 Å². The number of rotatable bonds is 3. The second-order valence-corrected chi connectivity index (χ2v) is 11.4. The van der Waals surface area contributed by atoms with Gasteiger partial charge >= 0.3 is 0 Å². The molecule has 2 heterocycles. The van der Waals surface area contributed by atoms with E-state index < -0.39 is 15.7 Å². The van der Waals surface area contributed by atoms with E-state index in [4.69, 9.17) is 5.73 Å².